The van der Waals surface area contributed by atoms with Crippen LogP contribution in [0, 0.1) is 5.92 Å². The summed E-state index contributed by atoms with van der Waals surface area (Å²) in [6, 6.07) is 5.07. The van der Waals surface area contributed by atoms with Crippen LogP contribution in [0.25, 0.3) is 10.9 Å². The van der Waals surface area contributed by atoms with Crippen molar-refractivity contribution in [2.45, 2.75) is 72.6 Å². The van der Waals surface area contributed by atoms with E-state index in [-0.39, 0.29) is 18.0 Å². The zero-order valence-electron chi connectivity index (χ0n) is 21.8. The van der Waals surface area contributed by atoms with E-state index in [1.807, 2.05) is 52.8 Å². The molecule has 2 atom stereocenters. The number of benzene rings is 1. The second-order valence-corrected chi connectivity index (χ2v) is 10.4. The van der Waals surface area contributed by atoms with Gasteiger partial charge >= 0.3 is 6.09 Å². The zero-order chi connectivity index (χ0) is 25.9. The summed E-state index contributed by atoms with van der Waals surface area (Å²) in [5.74, 6) is 2.05. The Kier molecular flexibility index (Phi) is 8.51. The highest BCUT2D eigenvalue weighted by atomic mass is 79.9. The fourth-order valence-electron chi connectivity index (χ4n) is 3.99. The molecule has 0 bridgehead atoms. The summed E-state index contributed by atoms with van der Waals surface area (Å²) < 4.78 is 25.1. The highest BCUT2D eigenvalue weighted by Crippen LogP contribution is 2.35. The molecule has 2 heterocycles. The van der Waals surface area contributed by atoms with E-state index in [4.69, 9.17) is 28.9 Å². The number of fused-ring (bicyclic) bond motifs is 1. The maximum atomic E-state index is 13.2. The average Bonchev–Trinajstić information content (AvgIpc) is 3.04. The van der Waals surface area contributed by atoms with Gasteiger partial charge in [0.15, 0.2) is 0 Å². The van der Waals surface area contributed by atoms with Crippen molar-refractivity contribution < 1.29 is 23.7 Å². The lowest BCUT2D eigenvalue weighted by Gasteiger charge is -2.28. The van der Waals surface area contributed by atoms with Crippen molar-refractivity contribution in [1.82, 2.24) is 4.57 Å². The van der Waals surface area contributed by atoms with E-state index < -0.39 is 11.7 Å². The van der Waals surface area contributed by atoms with Crippen molar-refractivity contribution in [3.8, 4) is 5.75 Å². The quantitative estimate of drug-likeness (QED) is 0.440. The number of methoxy groups -OCH3 is 1. The summed E-state index contributed by atoms with van der Waals surface area (Å²) in [5.41, 5.74) is 0.932. The topological polar surface area (TPSA) is 83.6 Å². The van der Waals surface area contributed by atoms with Crippen LogP contribution >= 0.6 is 15.9 Å². The van der Waals surface area contributed by atoms with E-state index >= 15 is 0 Å². The van der Waals surface area contributed by atoms with E-state index in [2.05, 4.69) is 29.8 Å². The molecule has 0 radical (unpaired) electrons. The van der Waals surface area contributed by atoms with E-state index in [0.29, 0.717) is 47.3 Å². The predicted molar refractivity (Wildman–Crippen MR) is 142 cm³/mol. The Balaban J connectivity index is 2.12. The van der Waals surface area contributed by atoms with Crippen LogP contribution in [0.4, 0.5) is 4.79 Å². The Bertz CT molecular complexity index is 1130. The smallest absolute Gasteiger partial charge is 0.419 e. The molecule has 8 nitrogen and oxygen atoms in total. The van der Waals surface area contributed by atoms with Gasteiger partial charge in [-0.1, -0.05) is 13.8 Å². The molecule has 1 aliphatic heterocycles. The van der Waals surface area contributed by atoms with Crippen LogP contribution in [0.2, 0.25) is 0 Å². The lowest BCUT2D eigenvalue weighted by atomic mass is 10.00. The van der Waals surface area contributed by atoms with Crippen LogP contribution < -0.4 is 4.74 Å². The summed E-state index contributed by atoms with van der Waals surface area (Å²) in [5, 5.41) is 0.888. The summed E-state index contributed by atoms with van der Waals surface area (Å²) in [6.45, 7) is 14.6. The van der Waals surface area contributed by atoms with Gasteiger partial charge in [-0.3, -0.25) is 0 Å². The Labute approximate surface area is 215 Å². The Morgan fingerprint density at radius 1 is 1.11 bits per heavy atom. The average molecular weight is 550 g/mol. The second kappa shape index (κ2) is 11.0. The number of halogens is 1. The molecule has 2 aromatic rings. The number of ether oxygens (including phenoxy) is 4. The van der Waals surface area contributed by atoms with Gasteiger partial charge in [0.25, 0.3) is 0 Å². The molecular weight excluding hydrogens is 514 g/mol. The highest BCUT2D eigenvalue weighted by Gasteiger charge is 2.34. The monoisotopic (exact) mass is 549 g/mol. The maximum Gasteiger partial charge on any atom is 0.419 e. The van der Waals surface area contributed by atoms with Crippen molar-refractivity contribution in [3.05, 3.63) is 28.4 Å². The molecule has 1 aromatic carbocycles. The molecule has 1 aliphatic rings. The van der Waals surface area contributed by atoms with E-state index in [9.17, 15) is 4.79 Å². The number of nitrogens with zero attached hydrogens (tertiary/aromatic N) is 3. The van der Waals surface area contributed by atoms with Gasteiger partial charge < -0.3 is 18.9 Å². The first-order chi connectivity index (χ1) is 16.5. The number of aliphatic imine (C=N–C) groups is 2. The van der Waals surface area contributed by atoms with Crippen LogP contribution in [0.3, 0.4) is 0 Å². The molecule has 0 saturated carbocycles. The SMILES string of the molecule is CCOC1=N[C@H](C(C)C)C(OCC)=N[C@H]1Cc1c(Br)n(C(=O)OC(C)(C)C)c2cc(OC)ccc12. The van der Waals surface area contributed by atoms with Crippen LogP contribution in [0.1, 0.15) is 54.0 Å². The molecule has 0 saturated heterocycles. The minimum atomic E-state index is -0.646. The molecule has 192 valence electrons. The predicted octanol–water partition coefficient (Wildman–Crippen LogP) is 6.01. The molecule has 0 N–H and O–H groups in total. The minimum Gasteiger partial charge on any atom is -0.497 e. The van der Waals surface area contributed by atoms with Crippen molar-refractivity contribution in [1.29, 1.82) is 0 Å². The standard InChI is InChI=1S/C26H36BrN3O5/c1-9-33-23-19(28-24(34-10-2)21(29-23)15(3)4)14-18-17-12-11-16(32-8)13-20(17)30(22(18)27)25(31)35-26(5,6)7/h11-13,15,19,21H,9-10,14H2,1-8H3/t19-,21+/m0/s1. The van der Waals surface area contributed by atoms with Gasteiger partial charge in [-0.2, -0.15) is 0 Å². The minimum absolute atomic E-state index is 0.191. The van der Waals surface area contributed by atoms with Gasteiger partial charge in [0.2, 0.25) is 11.8 Å². The molecule has 35 heavy (non-hydrogen) atoms. The third kappa shape index (κ3) is 6.00. The Hall–Kier alpha value is -2.55. The van der Waals surface area contributed by atoms with Gasteiger partial charge in [0.1, 0.15) is 23.4 Å². The van der Waals surface area contributed by atoms with Gasteiger partial charge in [0, 0.05) is 17.9 Å². The van der Waals surface area contributed by atoms with Gasteiger partial charge in [-0.05, 0) is 74.2 Å². The van der Waals surface area contributed by atoms with E-state index in [0.717, 1.165) is 10.9 Å². The van der Waals surface area contributed by atoms with Gasteiger partial charge in [-0.25, -0.2) is 19.3 Å². The van der Waals surface area contributed by atoms with Crippen molar-refractivity contribution >= 4 is 44.7 Å². The fraction of sp³-hybridized carbons (Fsp3) is 0.577. The lowest BCUT2D eigenvalue weighted by Crippen LogP contribution is -2.39. The second-order valence-electron chi connectivity index (χ2n) is 9.68. The number of carbonyl (C=O) groups excluding carboxylic acids is 1. The molecule has 0 unspecified atom stereocenters. The van der Waals surface area contributed by atoms with Crippen LogP contribution in [-0.2, 0) is 20.6 Å². The van der Waals surface area contributed by atoms with Crippen LogP contribution in [0.5, 0.6) is 5.75 Å². The molecule has 3 rings (SSSR count). The van der Waals surface area contributed by atoms with Crippen LogP contribution in [-0.4, -0.2) is 60.5 Å². The highest BCUT2D eigenvalue weighted by molar-refractivity contribution is 9.10. The largest absolute Gasteiger partial charge is 0.497 e. The number of hydrogen-bond acceptors (Lipinski definition) is 7. The van der Waals surface area contributed by atoms with Crippen molar-refractivity contribution in [3.63, 3.8) is 0 Å². The summed E-state index contributed by atoms with van der Waals surface area (Å²) in [6.07, 6.45) is -0.0195. The van der Waals surface area contributed by atoms with Crippen molar-refractivity contribution in [2.24, 2.45) is 15.9 Å². The zero-order valence-corrected chi connectivity index (χ0v) is 23.4. The molecule has 1 aromatic heterocycles. The summed E-state index contributed by atoms with van der Waals surface area (Å²) in [7, 11) is 1.60. The lowest BCUT2D eigenvalue weighted by molar-refractivity contribution is 0.0541. The van der Waals surface area contributed by atoms with E-state index in [1.165, 1.54) is 4.57 Å². The molecule has 9 heteroatoms. The first-order valence-corrected chi connectivity index (χ1v) is 12.8. The number of rotatable bonds is 6. The first-order valence-electron chi connectivity index (χ1n) is 12.0. The third-order valence-corrected chi connectivity index (χ3v) is 6.33. The van der Waals surface area contributed by atoms with E-state index in [1.54, 1.807) is 7.11 Å². The normalized spacial score (nSPS) is 18.3. The first kappa shape index (κ1) is 27.0. The summed E-state index contributed by atoms with van der Waals surface area (Å²) >= 11 is 3.68. The van der Waals surface area contributed by atoms with Crippen LogP contribution in [0.15, 0.2) is 32.8 Å². The van der Waals surface area contributed by atoms with Crippen molar-refractivity contribution in [2.75, 3.05) is 20.3 Å². The summed E-state index contributed by atoms with van der Waals surface area (Å²) in [4.78, 5) is 23.0. The third-order valence-electron chi connectivity index (χ3n) is 5.49. The van der Waals surface area contributed by atoms with Gasteiger partial charge in [0.05, 0.1) is 30.4 Å². The number of aromatic nitrogens is 1. The molecule has 0 fully saturated rings. The fourth-order valence-corrected chi connectivity index (χ4v) is 4.70. The maximum absolute atomic E-state index is 13.2. The molecule has 0 aliphatic carbocycles. The Morgan fingerprint density at radius 3 is 2.34 bits per heavy atom. The number of carbonyl (C=O) groups is 1. The molecular formula is C26H36BrN3O5. The number of hydrogen-bond donors (Lipinski definition) is 0. The molecule has 0 amide bonds. The van der Waals surface area contributed by atoms with Gasteiger partial charge in [-0.15, -0.1) is 0 Å². The Morgan fingerprint density at radius 2 is 1.77 bits per heavy atom. The molecule has 0 spiro atoms.